The molecule has 2 heterocycles. The molecule has 0 saturated carbocycles. The maximum Gasteiger partial charge on any atom is 0.193 e. The molecule has 1 saturated heterocycles. The summed E-state index contributed by atoms with van der Waals surface area (Å²) in [7, 11) is 1.89. The first-order valence-electron chi connectivity index (χ1n) is 9.18. The fourth-order valence-electron chi connectivity index (χ4n) is 3.45. The quantitative estimate of drug-likeness (QED) is 0.606. The van der Waals surface area contributed by atoms with Crippen molar-refractivity contribution in [2.45, 2.75) is 40.5 Å². The summed E-state index contributed by atoms with van der Waals surface area (Å²) in [5.74, 6) is 1.81. The first kappa shape index (κ1) is 19.2. The molecule has 1 fully saturated rings. The number of rotatable bonds is 7. The van der Waals surface area contributed by atoms with Gasteiger partial charge in [-0.15, -0.1) is 11.3 Å². The van der Waals surface area contributed by atoms with Crippen LogP contribution in [0.25, 0.3) is 0 Å². The van der Waals surface area contributed by atoms with Gasteiger partial charge in [0.2, 0.25) is 0 Å². The van der Waals surface area contributed by atoms with Crippen molar-refractivity contribution in [1.29, 1.82) is 0 Å². The molecule has 0 spiro atoms. The van der Waals surface area contributed by atoms with Gasteiger partial charge in [0.1, 0.15) is 0 Å². The molecule has 5 nitrogen and oxygen atoms in total. The van der Waals surface area contributed by atoms with Gasteiger partial charge in [-0.05, 0) is 39.3 Å². The van der Waals surface area contributed by atoms with E-state index in [1.54, 1.807) is 0 Å². The number of hydrogen-bond acceptors (Lipinski definition) is 4. The van der Waals surface area contributed by atoms with Crippen molar-refractivity contribution in [2.75, 3.05) is 46.3 Å². The van der Waals surface area contributed by atoms with Crippen LogP contribution in [0, 0.1) is 19.8 Å². The lowest BCUT2D eigenvalue weighted by molar-refractivity contribution is 0.255. The van der Waals surface area contributed by atoms with Crippen molar-refractivity contribution in [3.05, 3.63) is 15.6 Å². The van der Waals surface area contributed by atoms with E-state index in [9.17, 15) is 0 Å². The summed E-state index contributed by atoms with van der Waals surface area (Å²) >= 11 is 1.81. The van der Waals surface area contributed by atoms with Crippen LogP contribution in [0.2, 0.25) is 0 Å². The van der Waals surface area contributed by atoms with Gasteiger partial charge in [-0.1, -0.05) is 13.8 Å². The Morgan fingerprint density at radius 1 is 1.38 bits per heavy atom. The van der Waals surface area contributed by atoms with Crippen LogP contribution in [-0.4, -0.2) is 67.1 Å². The highest BCUT2D eigenvalue weighted by Gasteiger charge is 2.25. The molecule has 0 aromatic carbocycles. The van der Waals surface area contributed by atoms with E-state index < -0.39 is 0 Å². The Morgan fingerprint density at radius 3 is 2.71 bits per heavy atom. The molecule has 1 aliphatic heterocycles. The summed E-state index contributed by atoms with van der Waals surface area (Å²) in [5.41, 5.74) is 1.18. The van der Waals surface area contributed by atoms with E-state index >= 15 is 0 Å². The van der Waals surface area contributed by atoms with Gasteiger partial charge in [0.15, 0.2) is 5.96 Å². The fraction of sp³-hybridized carbons (Fsp3) is 0.778. The molecule has 1 aliphatic rings. The van der Waals surface area contributed by atoms with E-state index in [0.29, 0.717) is 0 Å². The Labute approximate surface area is 151 Å². The molecule has 1 atom stereocenters. The average Bonchev–Trinajstić information content (AvgIpc) is 3.15. The molecule has 0 amide bonds. The first-order valence-corrected chi connectivity index (χ1v) is 9.99. The number of likely N-dealkylation sites (tertiary alicyclic amines) is 1. The highest BCUT2D eigenvalue weighted by molar-refractivity contribution is 7.11. The van der Waals surface area contributed by atoms with Gasteiger partial charge in [-0.3, -0.25) is 4.99 Å². The molecule has 1 N–H and O–H groups in total. The molecular weight excluding hydrogens is 318 g/mol. The number of nitrogens with zero attached hydrogens (tertiary/aromatic N) is 4. The molecule has 0 aliphatic carbocycles. The summed E-state index contributed by atoms with van der Waals surface area (Å²) in [6.07, 6.45) is 2.29. The minimum Gasteiger partial charge on any atom is -0.356 e. The third kappa shape index (κ3) is 5.18. The largest absolute Gasteiger partial charge is 0.356 e. The lowest BCUT2D eigenvalue weighted by atomic mass is 10.1. The number of aromatic nitrogens is 1. The van der Waals surface area contributed by atoms with Gasteiger partial charge >= 0.3 is 0 Å². The summed E-state index contributed by atoms with van der Waals surface area (Å²) in [5, 5.41) is 4.70. The van der Waals surface area contributed by atoms with Crippen LogP contribution >= 0.6 is 11.3 Å². The molecule has 1 aromatic heterocycles. The molecule has 0 bridgehead atoms. The second-order valence-corrected chi connectivity index (χ2v) is 7.84. The van der Waals surface area contributed by atoms with Crippen molar-refractivity contribution in [1.82, 2.24) is 20.1 Å². The van der Waals surface area contributed by atoms with Crippen molar-refractivity contribution in [3.8, 4) is 0 Å². The van der Waals surface area contributed by atoms with E-state index in [0.717, 1.165) is 56.0 Å². The molecule has 2 rings (SSSR count). The Balaban J connectivity index is 1.79. The van der Waals surface area contributed by atoms with E-state index in [1.165, 1.54) is 23.5 Å². The van der Waals surface area contributed by atoms with Crippen molar-refractivity contribution in [2.24, 2.45) is 10.9 Å². The van der Waals surface area contributed by atoms with Crippen LogP contribution in [0.15, 0.2) is 4.99 Å². The minimum absolute atomic E-state index is 0.759. The summed E-state index contributed by atoms with van der Waals surface area (Å²) in [4.78, 5) is 15.3. The van der Waals surface area contributed by atoms with Crippen LogP contribution in [0.4, 0.5) is 0 Å². The van der Waals surface area contributed by atoms with Gasteiger partial charge < -0.3 is 15.1 Å². The highest BCUT2D eigenvalue weighted by atomic mass is 32.1. The number of aliphatic imine (C=N–C) groups is 1. The van der Waals surface area contributed by atoms with Gasteiger partial charge in [0.05, 0.1) is 10.7 Å². The number of aryl methyl sites for hydroxylation is 2. The Kier molecular flexibility index (Phi) is 7.49. The topological polar surface area (TPSA) is 43.8 Å². The Morgan fingerprint density at radius 2 is 2.12 bits per heavy atom. The third-order valence-corrected chi connectivity index (χ3v) is 5.98. The first-order chi connectivity index (χ1) is 11.6. The molecule has 24 heavy (non-hydrogen) atoms. The zero-order valence-electron chi connectivity index (χ0n) is 15.9. The smallest absolute Gasteiger partial charge is 0.193 e. The van der Waals surface area contributed by atoms with Crippen LogP contribution in [0.3, 0.4) is 0 Å². The van der Waals surface area contributed by atoms with Crippen molar-refractivity contribution in [3.63, 3.8) is 0 Å². The molecule has 1 unspecified atom stereocenters. The second-order valence-electron chi connectivity index (χ2n) is 6.55. The minimum atomic E-state index is 0.759. The molecule has 0 radical (unpaired) electrons. The molecule has 136 valence electrons. The van der Waals surface area contributed by atoms with E-state index in [2.05, 4.69) is 52.8 Å². The van der Waals surface area contributed by atoms with E-state index in [-0.39, 0.29) is 0 Å². The maximum atomic E-state index is 4.51. The summed E-state index contributed by atoms with van der Waals surface area (Å²) in [6, 6.07) is 0. The predicted molar refractivity (Wildman–Crippen MR) is 104 cm³/mol. The second kappa shape index (κ2) is 9.37. The van der Waals surface area contributed by atoms with Gasteiger partial charge in [-0.25, -0.2) is 4.98 Å². The lowest BCUT2D eigenvalue weighted by Crippen LogP contribution is -2.41. The Hall–Kier alpha value is -1.14. The van der Waals surface area contributed by atoms with Gasteiger partial charge in [0.25, 0.3) is 0 Å². The summed E-state index contributed by atoms with van der Waals surface area (Å²) < 4.78 is 0. The number of nitrogens with one attached hydrogen (secondary N) is 1. The highest BCUT2D eigenvalue weighted by Crippen LogP contribution is 2.19. The van der Waals surface area contributed by atoms with Crippen molar-refractivity contribution >= 4 is 17.3 Å². The van der Waals surface area contributed by atoms with Gasteiger partial charge in [0, 0.05) is 44.5 Å². The third-order valence-electron chi connectivity index (χ3n) is 4.84. The van der Waals surface area contributed by atoms with Crippen LogP contribution in [-0.2, 0) is 6.42 Å². The van der Waals surface area contributed by atoms with Crippen LogP contribution < -0.4 is 5.32 Å². The number of thiazole rings is 1. The van der Waals surface area contributed by atoms with Crippen LogP contribution in [0.5, 0.6) is 0 Å². The van der Waals surface area contributed by atoms with Gasteiger partial charge in [-0.2, -0.15) is 0 Å². The van der Waals surface area contributed by atoms with E-state index in [4.69, 9.17) is 0 Å². The monoisotopic (exact) mass is 351 g/mol. The SMILES string of the molecule is CCN(CC)CC1CCN(C(=NC)NCCc2sc(C)nc2C)C1. The van der Waals surface area contributed by atoms with Crippen molar-refractivity contribution < 1.29 is 0 Å². The van der Waals surface area contributed by atoms with E-state index in [1.807, 2.05) is 18.4 Å². The molecule has 1 aromatic rings. The predicted octanol–water partition coefficient (Wildman–Crippen LogP) is 2.54. The number of hydrogen-bond donors (Lipinski definition) is 1. The lowest BCUT2D eigenvalue weighted by Gasteiger charge is -2.24. The summed E-state index contributed by atoms with van der Waals surface area (Å²) in [6.45, 7) is 15.3. The maximum absolute atomic E-state index is 4.51. The zero-order chi connectivity index (χ0) is 17.5. The Bertz CT molecular complexity index is 536. The number of guanidine groups is 1. The zero-order valence-corrected chi connectivity index (χ0v) is 16.7. The standard InChI is InChI=1S/C18H33N5S/c1-6-22(7-2)12-16-9-11-23(13-16)18(19-5)20-10-8-17-14(3)21-15(4)24-17/h16H,6-13H2,1-5H3,(H,19,20). The molecular formula is C18H33N5S. The normalized spacial score (nSPS) is 18.7. The fourth-order valence-corrected chi connectivity index (χ4v) is 4.38. The van der Waals surface area contributed by atoms with Crippen LogP contribution in [0.1, 0.15) is 35.8 Å². The molecule has 6 heteroatoms. The average molecular weight is 352 g/mol.